The van der Waals surface area contributed by atoms with Gasteiger partial charge in [-0.15, -0.1) is 11.8 Å². The van der Waals surface area contributed by atoms with Crippen molar-refractivity contribution in [1.82, 2.24) is 0 Å². The fourth-order valence-corrected chi connectivity index (χ4v) is 1.85. The van der Waals surface area contributed by atoms with Gasteiger partial charge in [0.25, 0.3) is 0 Å². The maximum atomic E-state index is 13.0. The predicted octanol–water partition coefficient (Wildman–Crippen LogP) is 2.15. The van der Waals surface area contributed by atoms with Gasteiger partial charge in [-0.05, 0) is 24.6 Å². The summed E-state index contributed by atoms with van der Waals surface area (Å²) in [5.41, 5.74) is 6.82. The number of thioether (sulfide) groups is 1. The molecule has 1 amide bonds. The number of carbonyl (C=O) groups is 1. The number of hydrogen-bond donors (Lipinski definition) is 2. The number of carbonyl (C=O) groups excluding carboxylic acids is 1. The van der Waals surface area contributed by atoms with Crippen molar-refractivity contribution in [1.29, 1.82) is 0 Å². The quantitative estimate of drug-likeness (QED) is 0.848. The Labute approximate surface area is 105 Å². The summed E-state index contributed by atoms with van der Waals surface area (Å²) in [5.74, 6) is -0.160. The molecule has 0 aliphatic heterocycles. The second-order valence-electron chi connectivity index (χ2n) is 3.86. The highest BCUT2D eigenvalue weighted by Gasteiger charge is 2.08. The van der Waals surface area contributed by atoms with E-state index < -0.39 is 0 Å². The Kier molecular flexibility index (Phi) is 5.44. The average molecular weight is 256 g/mol. The third-order valence-corrected chi connectivity index (χ3v) is 3.49. The normalized spacial score (nSPS) is 12.2. The predicted molar refractivity (Wildman–Crippen MR) is 70.7 cm³/mol. The number of halogens is 1. The second-order valence-corrected chi connectivity index (χ2v) is 5.29. The topological polar surface area (TPSA) is 55.1 Å². The summed E-state index contributed by atoms with van der Waals surface area (Å²) in [4.78, 5) is 11.6. The molecular weight excluding hydrogens is 239 g/mol. The van der Waals surface area contributed by atoms with Crippen molar-refractivity contribution in [2.24, 2.45) is 5.73 Å². The molecule has 0 aliphatic carbocycles. The summed E-state index contributed by atoms with van der Waals surface area (Å²) in [5, 5.41) is 2.93. The van der Waals surface area contributed by atoms with E-state index in [1.165, 1.54) is 23.9 Å². The van der Waals surface area contributed by atoms with Crippen LogP contribution in [0, 0.1) is 12.7 Å². The lowest BCUT2D eigenvalue weighted by Gasteiger charge is -2.10. The summed E-state index contributed by atoms with van der Waals surface area (Å²) >= 11 is 1.48. The molecule has 1 aromatic rings. The Hall–Kier alpha value is -1.07. The molecule has 0 fully saturated rings. The number of rotatable bonds is 5. The van der Waals surface area contributed by atoms with E-state index in [2.05, 4.69) is 5.32 Å². The molecule has 0 bridgehead atoms. The molecule has 0 aromatic heterocycles. The number of amides is 1. The van der Waals surface area contributed by atoms with Gasteiger partial charge in [-0.1, -0.05) is 13.0 Å². The molecule has 3 N–H and O–H groups in total. The van der Waals surface area contributed by atoms with Crippen molar-refractivity contribution < 1.29 is 9.18 Å². The average Bonchev–Trinajstić information content (AvgIpc) is 2.30. The van der Waals surface area contributed by atoms with Gasteiger partial charge in [0, 0.05) is 17.5 Å². The van der Waals surface area contributed by atoms with Gasteiger partial charge < -0.3 is 11.1 Å². The van der Waals surface area contributed by atoms with E-state index in [1.807, 2.05) is 13.8 Å². The number of benzene rings is 1. The summed E-state index contributed by atoms with van der Waals surface area (Å²) in [6.07, 6.45) is 0. The molecule has 1 unspecified atom stereocenters. The van der Waals surface area contributed by atoms with Gasteiger partial charge in [0.15, 0.2) is 0 Å². The molecule has 1 atom stereocenters. The van der Waals surface area contributed by atoms with Crippen LogP contribution in [0.4, 0.5) is 10.1 Å². The first kappa shape index (κ1) is 14.0. The zero-order chi connectivity index (χ0) is 12.8. The number of anilines is 1. The highest BCUT2D eigenvalue weighted by atomic mass is 32.2. The van der Waals surface area contributed by atoms with Crippen molar-refractivity contribution in [2.75, 3.05) is 17.6 Å². The lowest BCUT2D eigenvalue weighted by molar-refractivity contribution is -0.113. The largest absolute Gasteiger partial charge is 0.329 e. The molecule has 0 saturated heterocycles. The van der Waals surface area contributed by atoms with Gasteiger partial charge in [-0.2, -0.15) is 0 Å². The van der Waals surface area contributed by atoms with Crippen LogP contribution in [0.1, 0.15) is 12.5 Å². The minimum atomic E-state index is -0.353. The van der Waals surface area contributed by atoms with Crippen molar-refractivity contribution in [3.63, 3.8) is 0 Å². The van der Waals surface area contributed by atoms with E-state index in [-0.39, 0.29) is 17.0 Å². The maximum absolute atomic E-state index is 13.0. The molecule has 0 saturated carbocycles. The summed E-state index contributed by atoms with van der Waals surface area (Å²) in [6, 6.07) is 4.33. The fourth-order valence-electron chi connectivity index (χ4n) is 1.20. The molecule has 0 heterocycles. The highest BCUT2D eigenvalue weighted by Crippen LogP contribution is 2.17. The maximum Gasteiger partial charge on any atom is 0.234 e. The van der Waals surface area contributed by atoms with E-state index in [9.17, 15) is 9.18 Å². The Morgan fingerprint density at radius 1 is 1.59 bits per heavy atom. The molecule has 0 radical (unpaired) electrons. The second kappa shape index (κ2) is 6.61. The first-order valence-electron chi connectivity index (χ1n) is 5.40. The Morgan fingerprint density at radius 2 is 2.29 bits per heavy atom. The Morgan fingerprint density at radius 3 is 2.94 bits per heavy atom. The third kappa shape index (κ3) is 4.75. The van der Waals surface area contributed by atoms with Gasteiger partial charge in [-0.3, -0.25) is 4.79 Å². The minimum absolute atomic E-state index is 0.135. The molecule has 17 heavy (non-hydrogen) atoms. The van der Waals surface area contributed by atoms with Crippen LogP contribution in [0.25, 0.3) is 0 Å². The Bertz CT molecular complexity index is 398. The number of nitrogens with one attached hydrogen (secondary N) is 1. The van der Waals surface area contributed by atoms with Gasteiger partial charge in [0.2, 0.25) is 5.91 Å². The summed E-state index contributed by atoms with van der Waals surface area (Å²) < 4.78 is 13.0. The van der Waals surface area contributed by atoms with Crippen LogP contribution < -0.4 is 11.1 Å². The van der Waals surface area contributed by atoms with E-state index in [0.29, 0.717) is 18.0 Å². The van der Waals surface area contributed by atoms with Crippen molar-refractivity contribution in [3.05, 3.63) is 29.6 Å². The highest BCUT2D eigenvalue weighted by molar-refractivity contribution is 8.00. The van der Waals surface area contributed by atoms with Crippen molar-refractivity contribution in [2.45, 2.75) is 19.1 Å². The van der Waals surface area contributed by atoms with Crippen LogP contribution in [-0.4, -0.2) is 23.5 Å². The SMILES string of the molecule is Cc1ccc(F)cc1NC(=O)CSC(C)CN. The molecular formula is C12H17FN2OS. The smallest absolute Gasteiger partial charge is 0.234 e. The van der Waals surface area contributed by atoms with E-state index in [4.69, 9.17) is 5.73 Å². The zero-order valence-corrected chi connectivity index (χ0v) is 10.8. The van der Waals surface area contributed by atoms with Crippen LogP contribution >= 0.6 is 11.8 Å². The minimum Gasteiger partial charge on any atom is -0.329 e. The lowest BCUT2D eigenvalue weighted by atomic mass is 10.2. The van der Waals surface area contributed by atoms with Crippen LogP contribution in [0.5, 0.6) is 0 Å². The molecule has 3 nitrogen and oxygen atoms in total. The number of nitrogens with two attached hydrogens (primary N) is 1. The van der Waals surface area contributed by atoms with E-state index in [1.54, 1.807) is 6.07 Å². The van der Waals surface area contributed by atoms with Gasteiger partial charge in [0.1, 0.15) is 5.82 Å². The van der Waals surface area contributed by atoms with Crippen molar-refractivity contribution in [3.8, 4) is 0 Å². The van der Waals surface area contributed by atoms with E-state index in [0.717, 1.165) is 5.56 Å². The first-order valence-corrected chi connectivity index (χ1v) is 6.45. The zero-order valence-electron chi connectivity index (χ0n) is 10.00. The molecule has 5 heteroatoms. The first-order chi connectivity index (χ1) is 8.02. The van der Waals surface area contributed by atoms with E-state index >= 15 is 0 Å². The standard InChI is InChI=1S/C12H17FN2OS/c1-8-3-4-10(13)5-11(8)15-12(16)7-17-9(2)6-14/h3-5,9H,6-7,14H2,1-2H3,(H,15,16). The summed E-state index contributed by atoms with van der Waals surface area (Å²) in [7, 11) is 0. The molecule has 1 aromatic carbocycles. The molecule has 1 rings (SSSR count). The van der Waals surface area contributed by atoms with Crippen LogP contribution in [0.3, 0.4) is 0 Å². The summed E-state index contributed by atoms with van der Waals surface area (Å²) in [6.45, 7) is 4.33. The van der Waals surface area contributed by atoms with Crippen LogP contribution in [-0.2, 0) is 4.79 Å². The molecule has 0 spiro atoms. The van der Waals surface area contributed by atoms with Crippen LogP contribution in [0.2, 0.25) is 0 Å². The monoisotopic (exact) mass is 256 g/mol. The van der Waals surface area contributed by atoms with Gasteiger partial charge >= 0.3 is 0 Å². The molecule has 0 aliphatic rings. The van der Waals surface area contributed by atoms with Crippen molar-refractivity contribution >= 4 is 23.4 Å². The fraction of sp³-hybridized carbons (Fsp3) is 0.417. The number of aryl methyl sites for hydroxylation is 1. The Balaban J connectivity index is 2.53. The van der Waals surface area contributed by atoms with Gasteiger partial charge in [0.05, 0.1) is 5.75 Å². The van der Waals surface area contributed by atoms with Crippen LogP contribution in [0.15, 0.2) is 18.2 Å². The third-order valence-electron chi connectivity index (χ3n) is 2.30. The lowest BCUT2D eigenvalue weighted by Crippen LogP contribution is -2.19. The number of hydrogen-bond acceptors (Lipinski definition) is 3. The molecule has 94 valence electrons. The van der Waals surface area contributed by atoms with Gasteiger partial charge in [-0.25, -0.2) is 4.39 Å².